The van der Waals surface area contributed by atoms with Crippen molar-refractivity contribution in [2.24, 2.45) is 10.9 Å². The molecule has 6 unspecified atom stereocenters. The molecule has 6 atom stereocenters. The van der Waals surface area contributed by atoms with E-state index < -0.39 is 0 Å². The maximum Gasteiger partial charge on any atom is 0.134 e. The second-order valence-electron chi connectivity index (χ2n) is 18.5. The zero-order valence-electron chi connectivity index (χ0n) is 33.5. The lowest BCUT2D eigenvalue weighted by Gasteiger charge is -2.39. The Kier molecular flexibility index (Phi) is 7.77. The van der Waals surface area contributed by atoms with Gasteiger partial charge in [0.25, 0.3) is 0 Å². The first-order valence-electron chi connectivity index (χ1n) is 21.9. The maximum atomic E-state index is 6.90. The molecule has 4 heteroatoms. The van der Waals surface area contributed by atoms with E-state index in [-0.39, 0.29) is 35.2 Å². The molecule has 8 aliphatic rings. The van der Waals surface area contributed by atoms with E-state index >= 15 is 0 Å². The Morgan fingerprint density at radius 3 is 2.45 bits per heavy atom. The fraction of sp³-hybridized carbons (Fsp3) is 0.315. The van der Waals surface area contributed by atoms with Crippen LogP contribution >= 0.6 is 0 Å². The van der Waals surface area contributed by atoms with E-state index in [9.17, 15) is 0 Å². The molecule has 2 aliphatic heterocycles. The molecule has 4 aromatic rings. The van der Waals surface area contributed by atoms with E-state index in [1.807, 2.05) is 0 Å². The third kappa shape index (κ3) is 5.13. The van der Waals surface area contributed by atoms with Crippen molar-refractivity contribution < 1.29 is 4.74 Å². The van der Waals surface area contributed by atoms with Crippen molar-refractivity contribution in [3.8, 4) is 16.9 Å². The van der Waals surface area contributed by atoms with Gasteiger partial charge in [0, 0.05) is 34.0 Å². The van der Waals surface area contributed by atoms with Crippen LogP contribution in [0.3, 0.4) is 0 Å². The quantitative estimate of drug-likeness (QED) is 0.218. The third-order valence-electron chi connectivity index (χ3n) is 15.1. The smallest absolute Gasteiger partial charge is 0.134 e. The van der Waals surface area contributed by atoms with Gasteiger partial charge in [-0.2, -0.15) is 0 Å². The highest BCUT2D eigenvalue weighted by atomic mass is 16.5. The zero-order valence-corrected chi connectivity index (χ0v) is 33.5. The number of benzene rings is 4. The molecule has 6 aliphatic carbocycles. The summed E-state index contributed by atoms with van der Waals surface area (Å²) in [6.07, 6.45) is 27.3. The van der Waals surface area contributed by atoms with Crippen molar-refractivity contribution in [3.63, 3.8) is 0 Å². The summed E-state index contributed by atoms with van der Waals surface area (Å²) < 4.78 is 6.90. The van der Waals surface area contributed by atoms with Crippen LogP contribution in [0.4, 0.5) is 0 Å². The molecule has 0 amide bonds. The molecule has 0 radical (unpaired) electrons. The molecule has 2 heterocycles. The normalized spacial score (nSPS) is 28.9. The van der Waals surface area contributed by atoms with E-state index in [2.05, 4.69) is 164 Å². The summed E-state index contributed by atoms with van der Waals surface area (Å²) in [6, 6.07) is 34.1. The molecular weight excluding hydrogens is 707 g/mol. The predicted octanol–water partition coefficient (Wildman–Crippen LogP) is 11.5. The Morgan fingerprint density at radius 2 is 1.59 bits per heavy atom. The number of fused-ring (bicyclic) bond motifs is 11. The van der Waals surface area contributed by atoms with Crippen LogP contribution in [0.2, 0.25) is 0 Å². The van der Waals surface area contributed by atoms with E-state index in [0.717, 1.165) is 30.0 Å². The Balaban J connectivity index is 0.887. The first-order valence-corrected chi connectivity index (χ1v) is 21.9. The first kappa shape index (κ1) is 34.6. The molecule has 1 spiro atoms. The first-order chi connectivity index (χ1) is 28.5. The van der Waals surface area contributed by atoms with Gasteiger partial charge in [-0.25, -0.2) is 4.99 Å². The fourth-order valence-electron chi connectivity index (χ4n) is 12.2. The molecule has 4 nitrogen and oxygen atoms in total. The van der Waals surface area contributed by atoms with Crippen molar-refractivity contribution >= 4 is 11.4 Å². The minimum atomic E-state index is -0.226. The topological polar surface area (TPSA) is 45.7 Å². The molecular formula is C54H51N3O. The molecule has 58 heavy (non-hydrogen) atoms. The molecule has 0 aromatic heterocycles. The second kappa shape index (κ2) is 13.0. The Labute approximate surface area is 342 Å². The van der Waals surface area contributed by atoms with Gasteiger partial charge < -0.3 is 10.1 Å². The van der Waals surface area contributed by atoms with Crippen LogP contribution < -0.4 is 15.4 Å². The van der Waals surface area contributed by atoms with Crippen molar-refractivity contribution in [1.82, 2.24) is 10.6 Å². The van der Waals surface area contributed by atoms with Crippen LogP contribution in [0, 0.1) is 5.92 Å². The van der Waals surface area contributed by atoms with Gasteiger partial charge >= 0.3 is 0 Å². The largest absolute Gasteiger partial charge is 0.485 e. The standard InChI is InChI=1S/C54H51N3O/c1-53(2)44-22-11-10-19-37(44)41-32-47-42(31-46(41)53)40-29-35(23-25-45(40)54(47)27-12-5-13-28-54)36-24-26-48-43(30-36)38-20-14-21-39(49(38)58-48)52-56-50(33-15-6-3-7-16-33)55-51(57-52)34-17-8-4-9-18-34/h3,6-8,10-11,14-26,29-32,38,41,46,49,51-52,57H,4-5,9,12-13,27-28H2,1-2H3,(H,55,56). The minimum Gasteiger partial charge on any atom is -0.485 e. The molecule has 0 saturated heterocycles. The van der Waals surface area contributed by atoms with Crippen molar-refractivity contribution in [3.05, 3.63) is 190 Å². The number of hydrogen-bond acceptors (Lipinski definition) is 4. The van der Waals surface area contributed by atoms with Crippen molar-refractivity contribution in [1.29, 1.82) is 0 Å². The summed E-state index contributed by atoms with van der Waals surface area (Å²) in [5, 5.41) is 7.56. The number of amidine groups is 1. The number of nitrogens with one attached hydrogen (secondary N) is 2. The number of nitrogens with zero attached hydrogens (tertiary/aromatic N) is 1. The summed E-state index contributed by atoms with van der Waals surface area (Å²) in [4.78, 5) is 5.30. The summed E-state index contributed by atoms with van der Waals surface area (Å²) in [5.74, 6) is 2.92. The van der Waals surface area contributed by atoms with Crippen LogP contribution in [0.15, 0.2) is 161 Å². The average molecular weight is 758 g/mol. The lowest BCUT2D eigenvalue weighted by atomic mass is 9.64. The van der Waals surface area contributed by atoms with Gasteiger partial charge in [-0.05, 0) is 105 Å². The zero-order chi connectivity index (χ0) is 38.6. The van der Waals surface area contributed by atoms with Gasteiger partial charge in [0.2, 0.25) is 0 Å². The van der Waals surface area contributed by atoms with E-state index in [0.29, 0.717) is 11.8 Å². The van der Waals surface area contributed by atoms with Crippen LogP contribution in [-0.4, -0.2) is 24.3 Å². The van der Waals surface area contributed by atoms with E-state index in [4.69, 9.17) is 9.73 Å². The van der Waals surface area contributed by atoms with Gasteiger partial charge in [-0.1, -0.05) is 155 Å². The van der Waals surface area contributed by atoms with Crippen molar-refractivity contribution in [2.45, 2.75) is 99.9 Å². The summed E-state index contributed by atoms with van der Waals surface area (Å²) >= 11 is 0. The second-order valence-corrected chi connectivity index (χ2v) is 18.5. The van der Waals surface area contributed by atoms with Crippen LogP contribution in [0.5, 0.6) is 5.75 Å². The number of hydrogen-bond donors (Lipinski definition) is 2. The van der Waals surface area contributed by atoms with Gasteiger partial charge in [0.1, 0.15) is 30.0 Å². The Morgan fingerprint density at radius 1 is 0.759 bits per heavy atom. The molecule has 288 valence electrons. The lowest BCUT2D eigenvalue weighted by Crippen LogP contribution is -2.56. The highest BCUT2D eigenvalue weighted by Crippen LogP contribution is 2.63. The third-order valence-corrected chi connectivity index (χ3v) is 15.1. The molecule has 4 aromatic carbocycles. The van der Waals surface area contributed by atoms with Crippen LogP contribution in [0.1, 0.15) is 104 Å². The molecule has 0 bridgehead atoms. The molecule has 1 fully saturated rings. The van der Waals surface area contributed by atoms with Gasteiger partial charge in [-0.3, -0.25) is 5.32 Å². The van der Waals surface area contributed by atoms with Crippen LogP contribution in [0.25, 0.3) is 16.7 Å². The minimum absolute atomic E-state index is 0.0435. The Hall–Kier alpha value is -5.45. The highest BCUT2D eigenvalue weighted by Gasteiger charge is 2.52. The molecule has 1 saturated carbocycles. The molecule has 12 rings (SSSR count). The molecule has 2 N–H and O–H groups in total. The van der Waals surface area contributed by atoms with Crippen LogP contribution in [-0.2, 0) is 10.8 Å². The summed E-state index contributed by atoms with van der Waals surface area (Å²) in [5.41, 5.74) is 16.8. The Bertz CT molecular complexity index is 2590. The number of rotatable bonds is 4. The van der Waals surface area contributed by atoms with Crippen molar-refractivity contribution in [2.75, 3.05) is 0 Å². The maximum absolute atomic E-state index is 6.90. The van der Waals surface area contributed by atoms with Gasteiger partial charge in [0.05, 0.1) is 0 Å². The summed E-state index contributed by atoms with van der Waals surface area (Å²) in [6.45, 7) is 4.93. The summed E-state index contributed by atoms with van der Waals surface area (Å²) in [7, 11) is 0. The SMILES string of the molecule is CC1(C)c2ccccc2C2C=C3C(=CC21)c1cc(-c2ccc4c(c2)C2C=CC=C(C5N=C(c6ccccc6)NC(C6=CCCC=C6)N5)C2O4)ccc1C31CCCCC1. The highest BCUT2D eigenvalue weighted by molar-refractivity contribution is 6.00. The van der Waals surface area contributed by atoms with E-state index in [1.54, 1.807) is 11.1 Å². The number of allylic oxidation sites excluding steroid dienone is 8. The van der Waals surface area contributed by atoms with E-state index in [1.165, 1.54) is 82.2 Å². The number of aliphatic imine (C=N–C) groups is 1. The average Bonchev–Trinajstić information content (AvgIpc) is 3.86. The predicted molar refractivity (Wildman–Crippen MR) is 236 cm³/mol. The van der Waals surface area contributed by atoms with Gasteiger partial charge in [0.15, 0.2) is 0 Å². The monoisotopic (exact) mass is 757 g/mol. The lowest BCUT2D eigenvalue weighted by molar-refractivity contribution is 0.239. The fourth-order valence-corrected chi connectivity index (χ4v) is 12.2. The number of ether oxygens (including phenoxy) is 1. The van der Waals surface area contributed by atoms with Gasteiger partial charge in [-0.15, -0.1) is 0 Å².